The molecule has 0 atom stereocenters. The van der Waals surface area contributed by atoms with E-state index >= 15 is 0 Å². The Balaban J connectivity index is 1.36. The Hall–Kier alpha value is -5.21. The van der Waals surface area contributed by atoms with E-state index in [1.54, 1.807) is 0 Å². The van der Waals surface area contributed by atoms with Crippen molar-refractivity contribution in [2.75, 3.05) is 4.90 Å². The molecule has 0 bridgehead atoms. The SMILES string of the molecule is C=Nc1ccccc1N1Cc2ccc3ccccc3c2-c2cc(-c3ccc(/C(=C/CC)c4ccccc4C)cc3)ccc21. The third-order valence-electron chi connectivity index (χ3n) is 8.62. The molecular weight excluding hydrogens is 520 g/mol. The first-order chi connectivity index (χ1) is 21.2. The monoisotopic (exact) mass is 554 g/mol. The molecule has 0 fully saturated rings. The molecule has 2 nitrogen and oxygen atoms in total. The van der Waals surface area contributed by atoms with Gasteiger partial charge in [0.15, 0.2) is 0 Å². The van der Waals surface area contributed by atoms with E-state index in [2.05, 4.69) is 152 Å². The van der Waals surface area contributed by atoms with Crippen molar-refractivity contribution in [1.82, 2.24) is 0 Å². The predicted octanol–water partition coefficient (Wildman–Crippen LogP) is 11.3. The van der Waals surface area contributed by atoms with E-state index in [9.17, 15) is 0 Å². The first-order valence-corrected chi connectivity index (χ1v) is 15.0. The first kappa shape index (κ1) is 26.7. The zero-order chi connectivity index (χ0) is 29.3. The molecule has 0 radical (unpaired) electrons. The molecule has 0 amide bonds. The molecule has 0 unspecified atom stereocenters. The number of allylic oxidation sites excluding steroid dienone is 1. The predicted molar refractivity (Wildman–Crippen MR) is 185 cm³/mol. The summed E-state index contributed by atoms with van der Waals surface area (Å²) in [5.41, 5.74) is 14.6. The van der Waals surface area contributed by atoms with Crippen LogP contribution in [0.1, 0.15) is 35.6 Å². The second kappa shape index (κ2) is 11.2. The number of fused-ring (bicyclic) bond motifs is 5. The van der Waals surface area contributed by atoms with Crippen LogP contribution in [0.5, 0.6) is 0 Å². The molecule has 1 aliphatic heterocycles. The van der Waals surface area contributed by atoms with Crippen LogP contribution in [0.15, 0.2) is 138 Å². The van der Waals surface area contributed by atoms with Gasteiger partial charge in [-0.2, -0.15) is 0 Å². The number of hydrogen-bond acceptors (Lipinski definition) is 2. The Bertz CT molecular complexity index is 2010. The zero-order valence-corrected chi connectivity index (χ0v) is 24.7. The third-order valence-corrected chi connectivity index (χ3v) is 8.62. The molecule has 7 rings (SSSR count). The summed E-state index contributed by atoms with van der Waals surface area (Å²) in [6, 6.07) is 46.1. The van der Waals surface area contributed by atoms with Gasteiger partial charge in [0.1, 0.15) is 0 Å². The van der Waals surface area contributed by atoms with Crippen molar-refractivity contribution >= 4 is 40.1 Å². The summed E-state index contributed by atoms with van der Waals surface area (Å²) in [6.45, 7) is 9.02. The van der Waals surface area contributed by atoms with Gasteiger partial charge in [0, 0.05) is 17.8 Å². The number of aliphatic imine (C=N–C) groups is 1. The Morgan fingerprint density at radius 2 is 1.51 bits per heavy atom. The van der Waals surface area contributed by atoms with Gasteiger partial charge in [-0.1, -0.05) is 116 Å². The third kappa shape index (κ3) is 4.75. The van der Waals surface area contributed by atoms with E-state index in [-0.39, 0.29) is 0 Å². The zero-order valence-electron chi connectivity index (χ0n) is 24.7. The number of aryl methyl sites for hydroxylation is 1. The molecule has 0 spiro atoms. The van der Waals surface area contributed by atoms with Gasteiger partial charge >= 0.3 is 0 Å². The fraction of sp³-hybridized carbons (Fsp3) is 0.0976. The van der Waals surface area contributed by atoms with Crippen LogP contribution in [-0.2, 0) is 6.54 Å². The van der Waals surface area contributed by atoms with Crippen molar-refractivity contribution in [1.29, 1.82) is 0 Å². The van der Waals surface area contributed by atoms with E-state index in [0.29, 0.717) is 0 Å². The van der Waals surface area contributed by atoms with Crippen LogP contribution < -0.4 is 4.90 Å². The molecular formula is C41H34N2. The summed E-state index contributed by atoms with van der Waals surface area (Å²) < 4.78 is 0. The lowest BCUT2D eigenvalue weighted by Gasteiger charge is -2.34. The first-order valence-electron chi connectivity index (χ1n) is 15.0. The summed E-state index contributed by atoms with van der Waals surface area (Å²) in [5, 5.41) is 2.55. The van der Waals surface area contributed by atoms with Crippen LogP contribution in [0.3, 0.4) is 0 Å². The number of nitrogens with zero attached hydrogens (tertiary/aromatic N) is 2. The summed E-state index contributed by atoms with van der Waals surface area (Å²) >= 11 is 0. The van der Waals surface area contributed by atoms with Gasteiger partial charge in [0.05, 0.1) is 11.4 Å². The maximum atomic E-state index is 4.36. The van der Waals surface area contributed by atoms with Crippen LogP contribution >= 0.6 is 0 Å². The van der Waals surface area contributed by atoms with E-state index in [1.165, 1.54) is 66.5 Å². The number of hydrogen-bond donors (Lipinski definition) is 0. The van der Waals surface area contributed by atoms with Gasteiger partial charge in [0.25, 0.3) is 0 Å². The molecule has 0 aliphatic carbocycles. The Morgan fingerprint density at radius 3 is 2.33 bits per heavy atom. The molecule has 6 aromatic rings. The molecule has 208 valence electrons. The van der Waals surface area contributed by atoms with Crippen molar-refractivity contribution in [2.24, 2.45) is 4.99 Å². The fourth-order valence-corrected chi connectivity index (χ4v) is 6.52. The molecule has 0 aromatic heterocycles. The van der Waals surface area contributed by atoms with Gasteiger partial charge in [-0.3, -0.25) is 4.99 Å². The van der Waals surface area contributed by atoms with Crippen LogP contribution in [-0.4, -0.2) is 6.72 Å². The minimum atomic E-state index is 0.777. The quantitative estimate of drug-likeness (QED) is 0.187. The van der Waals surface area contributed by atoms with E-state index in [4.69, 9.17) is 0 Å². The Kier molecular flexibility index (Phi) is 6.96. The van der Waals surface area contributed by atoms with Crippen molar-refractivity contribution in [3.05, 3.63) is 156 Å². The number of rotatable bonds is 6. The van der Waals surface area contributed by atoms with Crippen LogP contribution in [0.4, 0.5) is 17.1 Å². The minimum absolute atomic E-state index is 0.777. The molecule has 6 aromatic carbocycles. The number of benzene rings is 6. The number of anilines is 2. The Morgan fingerprint density at radius 1 is 0.767 bits per heavy atom. The standard InChI is InChI=1S/C41H34N2/c1-4-11-35(34-14-7-5-12-28(34)2)31-20-18-29(19-21-31)32-24-25-39-37(26-32)41-33(23-22-30-13-6-8-15-36(30)41)27-43(39)40-17-10-9-16-38(40)42-3/h5-26H,3-4,27H2,1-2H3/b35-11-. The van der Waals surface area contributed by atoms with Crippen molar-refractivity contribution in [3.63, 3.8) is 0 Å². The van der Waals surface area contributed by atoms with E-state index in [0.717, 1.165) is 24.3 Å². The molecule has 0 N–H and O–H groups in total. The smallest absolute Gasteiger partial charge is 0.0859 e. The van der Waals surface area contributed by atoms with Gasteiger partial charge in [-0.15, -0.1) is 0 Å². The van der Waals surface area contributed by atoms with Gasteiger partial charge in [-0.05, 0) is 99.6 Å². The van der Waals surface area contributed by atoms with Crippen LogP contribution in [0, 0.1) is 6.92 Å². The molecule has 2 heteroatoms. The van der Waals surface area contributed by atoms with Crippen molar-refractivity contribution < 1.29 is 0 Å². The summed E-state index contributed by atoms with van der Waals surface area (Å²) in [7, 11) is 0. The van der Waals surface area contributed by atoms with E-state index < -0.39 is 0 Å². The molecule has 0 saturated heterocycles. The average Bonchev–Trinajstić information content (AvgIpc) is 3.07. The van der Waals surface area contributed by atoms with Crippen molar-refractivity contribution in [3.8, 4) is 22.3 Å². The largest absolute Gasteiger partial charge is 0.335 e. The minimum Gasteiger partial charge on any atom is -0.335 e. The van der Waals surface area contributed by atoms with Gasteiger partial charge in [-0.25, -0.2) is 0 Å². The Labute approximate surface area is 254 Å². The summed E-state index contributed by atoms with van der Waals surface area (Å²) in [5.74, 6) is 0. The maximum Gasteiger partial charge on any atom is 0.0859 e. The average molecular weight is 555 g/mol. The molecule has 0 saturated carbocycles. The number of para-hydroxylation sites is 2. The second-order valence-electron chi connectivity index (χ2n) is 11.2. The van der Waals surface area contributed by atoms with E-state index in [1.807, 2.05) is 12.1 Å². The normalized spacial score (nSPS) is 12.6. The molecule has 1 heterocycles. The van der Waals surface area contributed by atoms with Crippen molar-refractivity contribution in [2.45, 2.75) is 26.8 Å². The maximum absolute atomic E-state index is 4.36. The second-order valence-corrected chi connectivity index (χ2v) is 11.2. The van der Waals surface area contributed by atoms with Gasteiger partial charge in [0.2, 0.25) is 0 Å². The van der Waals surface area contributed by atoms with Crippen LogP contribution in [0.2, 0.25) is 0 Å². The topological polar surface area (TPSA) is 15.6 Å². The fourth-order valence-electron chi connectivity index (χ4n) is 6.52. The molecule has 1 aliphatic rings. The highest BCUT2D eigenvalue weighted by molar-refractivity contribution is 6.04. The lowest BCUT2D eigenvalue weighted by molar-refractivity contribution is 0.964. The lowest BCUT2D eigenvalue weighted by Crippen LogP contribution is -2.21. The van der Waals surface area contributed by atoms with Crippen LogP contribution in [0.25, 0.3) is 38.6 Å². The highest BCUT2D eigenvalue weighted by Gasteiger charge is 2.26. The lowest BCUT2D eigenvalue weighted by atomic mass is 9.86. The highest BCUT2D eigenvalue weighted by Crippen LogP contribution is 2.48. The van der Waals surface area contributed by atoms with Gasteiger partial charge < -0.3 is 4.90 Å². The summed E-state index contributed by atoms with van der Waals surface area (Å²) in [6.07, 6.45) is 3.33. The summed E-state index contributed by atoms with van der Waals surface area (Å²) in [4.78, 5) is 6.74. The highest BCUT2D eigenvalue weighted by atomic mass is 15.2. The molecule has 43 heavy (non-hydrogen) atoms.